The van der Waals surface area contributed by atoms with Crippen molar-refractivity contribution in [3.8, 4) is 11.5 Å². The predicted octanol–water partition coefficient (Wildman–Crippen LogP) is 6.10. The van der Waals surface area contributed by atoms with Gasteiger partial charge in [0.2, 0.25) is 0 Å². The van der Waals surface area contributed by atoms with Crippen molar-refractivity contribution in [2.24, 2.45) is 5.92 Å². The number of benzene rings is 2. The molecule has 1 fully saturated rings. The van der Waals surface area contributed by atoms with Crippen LogP contribution in [-0.2, 0) is 33.8 Å². The second-order valence-corrected chi connectivity index (χ2v) is 12.9. The molecule has 0 aliphatic carbocycles. The fourth-order valence-electron chi connectivity index (χ4n) is 4.90. The van der Waals surface area contributed by atoms with Crippen LogP contribution in [0.2, 0.25) is 0 Å². The molecule has 1 saturated heterocycles. The van der Waals surface area contributed by atoms with Crippen LogP contribution >= 0.6 is 0 Å². The zero-order valence-corrected chi connectivity index (χ0v) is 27.3. The van der Waals surface area contributed by atoms with Gasteiger partial charge in [0, 0.05) is 19.1 Å². The fourth-order valence-corrected chi connectivity index (χ4v) is 5.35. The van der Waals surface area contributed by atoms with Crippen LogP contribution in [0.3, 0.4) is 0 Å². The molecule has 0 N–H and O–H groups in total. The SMILES string of the molecule is COCOc1cc(OS(=O)(=O)C(F)(F)F)cc2c1C(=O)O[C@@H](C)[C@H](C)/C=C(/F)C(OC(=O)c1ccccc1)C1OC(C)(C)OC1CC=C2. The number of fused-ring (bicyclic) bond motifs is 2. The summed E-state index contributed by atoms with van der Waals surface area (Å²) in [6.07, 6.45) is -1.02. The number of alkyl halides is 3. The van der Waals surface area contributed by atoms with E-state index in [-0.39, 0.29) is 23.1 Å². The second kappa shape index (κ2) is 14.6. The highest BCUT2D eigenvalue weighted by atomic mass is 32.2. The lowest BCUT2D eigenvalue weighted by atomic mass is 9.98. The van der Waals surface area contributed by atoms with Crippen LogP contribution < -0.4 is 8.92 Å². The van der Waals surface area contributed by atoms with E-state index in [1.54, 1.807) is 32.0 Å². The lowest BCUT2D eigenvalue weighted by Gasteiger charge is -2.27. The Labute approximate surface area is 274 Å². The van der Waals surface area contributed by atoms with E-state index in [4.69, 9.17) is 28.4 Å². The molecule has 262 valence electrons. The summed E-state index contributed by atoms with van der Waals surface area (Å²) in [5, 5.41) is 0. The minimum Gasteiger partial charge on any atom is -0.466 e. The highest BCUT2D eigenvalue weighted by Crippen LogP contribution is 2.38. The van der Waals surface area contributed by atoms with Gasteiger partial charge in [-0.3, -0.25) is 0 Å². The lowest BCUT2D eigenvalue weighted by molar-refractivity contribution is -0.154. The molecule has 48 heavy (non-hydrogen) atoms. The van der Waals surface area contributed by atoms with Crippen molar-refractivity contribution in [2.45, 2.75) is 69.8 Å². The first-order valence-electron chi connectivity index (χ1n) is 14.6. The van der Waals surface area contributed by atoms with E-state index in [2.05, 4.69) is 4.18 Å². The van der Waals surface area contributed by atoms with Gasteiger partial charge in [0.05, 0.1) is 11.7 Å². The maximum absolute atomic E-state index is 16.1. The largest absolute Gasteiger partial charge is 0.534 e. The summed E-state index contributed by atoms with van der Waals surface area (Å²) in [6, 6.07) is 9.55. The van der Waals surface area contributed by atoms with E-state index in [9.17, 15) is 31.2 Å². The van der Waals surface area contributed by atoms with E-state index >= 15 is 4.39 Å². The van der Waals surface area contributed by atoms with Gasteiger partial charge in [-0.25, -0.2) is 14.0 Å². The Bertz CT molecular complexity index is 1660. The van der Waals surface area contributed by atoms with Crippen LogP contribution in [-0.4, -0.2) is 70.0 Å². The number of cyclic esters (lactones) is 1. The summed E-state index contributed by atoms with van der Waals surface area (Å²) in [6.45, 7) is 5.65. The van der Waals surface area contributed by atoms with Crippen LogP contribution in [0, 0.1) is 5.92 Å². The molecule has 2 aromatic carbocycles. The Morgan fingerprint density at radius 1 is 1.08 bits per heavy atom. The van der Waals surface area contributed by atoms with Crippen LogP contribution in [0.25, 0.3) is 6.08 Å². The third-order valence-electron chi connectivity index (χ3n) is 7.29. The molecule has 0 bridgehead atoms. The smallest absolute Gasteiger partial charge is 0.466 e. The zero-order valence-electron chi connectivity index (χ0n) is 26.5. The van der Waals surface area contributed by atoms with Gasteiger partial charge < -0.3 is 32.6 Å². The van der Waals surface area contributed by atoms with Gasteiger partial charge in [0.15, 0.2) is 18.7 Å². The van der Waals surface area contributed by atoms with Crippen LogP contribution in [0.1, 0.15) is 60.4 Å². The summed E-state index contributed by atoms with van der Waals surface area (Å²) < 4.78 is 117. The number of ether oxygens (including phenoxy) is 6. The van der Waals surface area contributed by atoms with Crippen molar-refractivity contribution in [1.29, 1.82) is 0 Å². The fraction of sp³-hybridized carbons (Fsp3) is 0.438. The summed E-state index contributed by atoms with van der Waals surface area (Å²) in [4.78, 5) is 26.6. The van der Waals surface area contributed by atoms with Crippen LogP contribution in [0.5, 0.6) is 11.5 Å². The molecule has 2 aromatic rings. The monoisotopic (exact) mass is 702 g/mol. The number of esters is 2. The number of carbonyl (C=O) groups excluding carboxylic acids is 2. The van der Waals surface area contributed by atoms with Gasteiger partial charge in [-0.2, -0.15) is 21.6 Å². The Kier molecular flexibility index (Phi) is 11.2. The zero-order chi connectivity index (χ0) is 35.4. The number of hydrogen-bond donors (Lipinski definition) is 0. The molecule has 0 aromatic heterocycles. The molecule has 0 saturated carbocycles. The van der Waals surface area contributed by atoms with Crippen molar-refractivity contribution in [2.75, 3.05) is 13.9 Å². The number of methoxy groups -OCH3 is 1. The predicted molar refractivity (Wildman–Crippen MR) is 161 cm³/mol. The molecule has 0 amide bonds. The molecule has 2 aliphatic heterocycles. The van der Waals surface area contributed by atoms with E-state index in [1.807, 2.05) is 0 Å². The first-order chi connectivity index (χ1) is 22.4. The summed E-state index contributed by atoms with van der Waals surface area (Å²) in [7, 11) is -4.87. The third kappa shape index (κ3) is 8.72. The highest BCUT2D eigenvalue weighted by molar-refractivity contribution is 7.88. The molecule has 4 rings (SSSR count). The van der Waals surface area contributed by atoms with Gasteiger partial charge in [-0.05, 0) is 57.0 Å². The van der Waals surface area contributed by atoms with Gasteiger partial charge in [0.1, 0.15) is 35.1 Å². The lowest BCUT2D eigenvalue weighted by Crippen LogP contribution is -2.39. The molecule has 2 heterocycles. The van der Waals surface area contributed by atoms with E-state index in [1.165, 1.54) is 45.2 Å². The Hall–Kier alpha value is -3.99. The van der Waals surface area contributed by atoms with Gasteiger partial charge in [-0.15, -0.1) is 0 Å². The average molecular weight is 703 g/mol. The molecule has 2 aliphatic rings. The first kappa shape index (κ1) is 36.8. The van der Waals surface area contributed by atoms with E-state index in [0.717, 1.165) is 18.2 Å². The highest BCUT2D eigenvalue weighted by Gasteiger charge is 2.49. The van der Waals surface area contributed by atoms with Crippen molar-refractivity contribution in [3.63, 3.8) is 0 Å². The van der Waals surface area contributed by atoms with Gasteiger partial charge >= 0.3 is 27.6 Å². The number of rotatable bonds is 7. The van der Waals surface area contributed by atoms with Gasteiger partial charge in [0.25, 0.3) is 0 Å². The second-order valence-electron chi connectivity index (χ2n) is 11.4. The minimum atomic E-state index is -6.11. The van der Waals surface area contributed by atoms with Crippen molar-refractivity contribution < 1.29 is 68.2 Å². The maximum atomic E-state index is 16.1. The topological polar surface area (TPSA) is 133 Å². The Morgan fingerprint density at radius 3 is 2.42 bits per heavy atom. The normalized spacial score (nSPS) is 25.8. The molecular weight excluding hydrogens is 668 g/mol. The molecular formula is C32H34F4O11S. The van der Waals surface area contributed by atoms with E-state index in [0.29, 0.717) is 0 Å². The molecule has 0 spiro atoms. The van der Waals surface area contributed by atoms with Crippen molar-refractivity contribution >= 4 is 28.1 Å². The van der Waals surface area contributed by atoms with Gasteiger partial charge in [-0.1, -0.05) is 37.3 Å². The van der Waals surface area contributed by atoms with Crippen LogP contribution in [0.4, 0.5) is 17.6 Å². The molecule has 5 atom stereocenters. The first-order valence-corrected chi connectivity index (χ1v) is 16.0. The van der Waals surface area contributed by atoms with E-state index < -0.39 is 87.8 Å². The standard InChI is InChI=1S/C32H34F4O11S/c1-18-14-23(33)27(44-29(37)20-10-7-6-8-11-20)28-24(45-31(3,4)46-28)13-9-12-21-15-22(47-48(39,40)32(34,35)36)16-25(42-17-41-5)26(21)30(38)43-19(18)2/h6-12,14-16,18-19,24,27-28H,13,17H2,1-5H3/b12-9?,23-14+/t18-,19+,24?,27?,28?/m1/s1. The molecule has 0 radical (unpaired) electrons. The van der Waals surface area contributed by atoms with Crippen molar-refractivity contribution in [1.82, 2.24) is 0 Å². The molecule has 3 unspecified atom stereocenters. The number of halogens is 4. The number of carbonyl (C=O) groups is 2. The van der Waals surface area contributed by atoms with Crippen molar-refractivity contribution in [3.05, 3.63) is 77.1 Å². The molecule has 11 nitrogen and oxygen atoms in total. The number of hydrogen-bond acceptors (Lipinski definition) is 11. The summed E-state index contributed by atoms with van der Waals surface area (Å²) in [5.74, 6) is -6.10. The summed E-state index contributed by atoms with van der Waals surface area (Å²) >= 11 is 0. The Balaban J connectivity index is 1.82. The summed E-state index contributed by atoms with van der Waals surface area (Å²) in [5.41, 5.74) is -6.06. The van der Waals surface area contributed by atoms with Crippen LogP contribution in [0.15, 0.2) is 60.4 Å². The average Bonchev–Trinajstić information content (AvgIpc) is 3.30. The third-order valence-corrected chi connectivity index (χ3v) is 8.27. The minimum absolute atomic E-state index is 0.0681. The maximum Gasteiger partial charge on any atom is 0.534 e. The molecule has 16 heteroatoms. The Morgan fingerprint density at radius 2 is 1.77 bits per heavy atom. The quantitative estimate of drug-likeness (QED) is 0.109.